The molecule has 33 heavy (non-hydrogen) atoms. The van der Waals surface area contributed by atoms with Crippen molar-refractivity contribution in [2.24, 2.45) is 10.3 Å². The van der Waals surface area contributed by atoms with Crippen molar-refractivity contribution in [2.75, 3.05) is 0 Å². The number of carbonyl (C=O) groups is 1. The van der Waals surface area contributed by atoms with Crippen LogP contribution in [0.3, 0.4) is 0 Å². The number of thiophene rings is 1. The second-order valence-electron chi connectivity index (χ2n) is 9.27. The van der Waals surface area contributed by atoms with Crippen LogP contribution >= 0.6 is 11.3 Å². The van der Waals surface area contributed by atoms with Crippen LogP contribution in [0.1, 0.15) is 63.6 Å². The van der Waals surface area contributed by atoms with E-state index in [1.54, 1.807) is 60.6 Å². The highest BCUT2D eigenvalue weighted by molar-refractivity contribution is 7.90. The molecule has 2 aromatic rings. The van der Waals surface area contributed by atoms with E-state index in [9.17, 15) is 13.2 Å². The molecule has 0 aliphatic heterocycles. The maximum atomic E-state index is 13.2. The molecule has 1 N–H and O–H groups in total. The Labute approximate surface area is 201 Å². The number of amides is 1. The second-order valence-corrected chi connectivity index (χ2v) is 11.8. The van der Waals surface area contributed by atoms with Crippen molar-refractivity contribution in [3.8, 4) is 0 Å². The zero-order valence-electron chi connectivity index (χ0n) is 20.5. The van der Waals surface area contributed by atoms with Crippen LogP contribution in [0.15, 0.2) is 45.0 Å². The van der Waals surface area contributed by atoms with Crippen LogP contribution < -0.4 is 5.32 Å². The third kappa shape index (κ3) is 7.85. The van der Waals surface area contributed by atoms with E-state index in [1.807, 2.05) is 30.5 Å². The number of hydrogen-bond acceptors (Lipinski definition) is 6. The van der Waals surface area contributed by atoms with Crippen LogP contribution in [0.25, 0.3) is 0 Å². The first kappa shape index (κ1) is 26.9. The van der Waals surface area contributed by atoms with E-state index in [4.69, 9.17) is 9.47 Å². The first-order valence-corrected chi connectivity index (χ1v) is 13.1. The number of rotatable bonds is 7. The maximum absolute atomic E-state index is 13.2. The summed E-state index contributed by atoms with van der Waals surface area (Å²) in [6, 6.07) is 8.35. The Balaban J connectivity index is 2.50. The molecule has 1 aromatic carbocycles. The van der Waals surface area contributed by atoms with Crippen LogP contribution in [-0.2, 0) is 19.5 Å². The van der Waals surface area contributed by atoms with Gasteiger partial charge in [-0.05, 0) is 77.1 Å². The largest absolute Gasteiger partial charge is 0.477 e. The Morgan fingerprint density at radius 1 is 1.12 bits per heavy atom. The molecule has 7 nitrogen and oxygen atoms in total. The number of hydrogen-bond donors (Lipinski definition) is 1. The summed E-state index contributed by atoms with van der Waals surface area (Å²) < 4.78 is 41.9. The summed E-state index contributed by atoms with van der Waals surface area (Å²) in [7, 11) is -4.04. The smallest absolute Gasteiger partial charge is 0.408 e. The number of benzene rings is 1. The van der Waals surface area contributed by atoms with Crippen LogP contribution in [0.5, 0.6) is 0 Å². The summed E-state index contributed by atoms with van der Waals surface area (Å²) in [6.45, 7) is 14.3. The van der Waals surface area contributed by atoms with Gasteiger partial charge >= 0.3 is 6.09 Å². The van der Waals surface area contributed by atoms with Gasteiger partial charge in [0.1, 0.15) is 5.60 Å². The Morgan fingerprint density at radius 3 is 2.33 bits per heavy atom. The molecule has 0 bridgehead atoms. The molecule has 182 valence electrons. The highest BCUT2D eigenvalue weighted by Crippen LogP contribution is 2.30. The lowest BCUT2D eigenvalue weighted by Gasteiger charge is -2.28. The van der Waals surface area contributed by atoms with Crippen molar-refractivity contribution in [1.82, 2.24) is 5.32 Å². The van der Waals surface area contributed by atoms with E-state index in [2.05, 4.69) is 9.71 Å². The van der Waals surface area contributed by atoms with E-state index in [1.165, 1.54) is 11.3 Å². The van der Waals surface area contributed by atoms with Gasteiger partial charge < -0.3 is 14.8 Å². The molecule has 1 heterocycles. The van der Waals surface area contributed by atoms with Gasteiger partial charge in [0.25, 0.3) is 10.0 Å². The molecule has 0 aliphatic carbocycles. The molecule has 0 fully saturated rings. The van der Waals surface area contributed by atoms with Crippen molar-refractivity contribution in [2.45, 2.75) is 78.0 Å². The van der Waals surface area contributed by atoms with Gasteiger partial charge in [0, 0.05) is 4.88 Å². The minimum atomic E-state index is -4.04. The highest BCUT2D eigenvalue weighted by atomic mass is 32.2. The summed E-state index contributed by atoms with van der Waals surface area (Å²) in [6.07, 6.45) is -0.917. The zero-order chi connectivity index (χ0) is 25.0. The molecular formula is C24H34N2O5S2. The Morgan fingerprint density at radius 2 is 1.79 bits per heavy atom. The van der Waals surface area contributed by atoms with Gasteiger partial charge in [-0.3, -0.25) is 0 Å². The van der Waals surface area contributed by atoms with Crippen LogP contribution in [-0.4, -0.2) is 32.1 Å². The van der Waals surface area contributed by atoms with Crippen molar-refractivity contribution >= 4 is 33.4 Å². The minimum absolute atomic E-state index is 0.0281. The molecule has 0 unspecified atom stereocenters. The standard InChI is InChI=1S/C24H34N2O5S2/c1-15(2)30-22(26-33(28,29)20-14-16(3)11-12-17(20)4)18(5)21(19-10-9-13-32-19)25-23(27)31-24(6,7)8/h9-15,18,21H,1-8H3,(H,25,27)/b26-22+/t18-,21+/m1/s1. The highest BCUT2D eigenvalue weighted by Gasteiger charge is 2.32. The normalized spacial score (nSPS) is 14.6. The van der Waals surface area contributed by atoms with Gasteiger partial charge in [-0.1, -0.05) is 25.1 Å². The first-order chi connectivity index (χ1) is 15.2. The third-order valence-corrected chi connectivity index (χ3v) is 6.97. The Bertz CT molecular complexity index is 1080. The number of aryl methyl sites for hydroxylation is 2. The lowest BCUT2D eigenvalue weighted by molar-refractivity contribution is 0.0493. The summed E-state index contributed by atoms with van der Waals surface area (Å²) >= 11 is 1.44. The molecule has 0 spiro atoms. The van der Waals surface area contributed by atoms with Gasteiger partial charge in [-0.15, -0.1) is 15.7 Å². The number of carbonyl (C=O) groups excluding carboxylic acids is 1. The molecule has 0 radical (unpaired) electrons. The van der Waals surface area contributed by atoms with Gasteiger partial charge in [-0.25, -0.2) is 4.79 Å². The topological polar surface area (TPSA) is 94.1 Å². The predicted octanol–water partition coefficient (Wildman–Crippen LogP) is 5.78. The predicted molar refractivity (Wildman–Crippen MR) is 132 cm³/mol. The zero-order valence-corrected chi connectivity index (χ0v) is 22.1. The van der Waals surface area contributed by atoms with Gasteiger partial charge in [-0.2, -0.15) is 8.42 Å². The van der Waals surface area contributed by atoms with Crippen molar-refractivity contribution in [1.29, 1.82) is 0 Å². The van der Waals surface area contributed by atoms with E-state index < -0.39 is 33.7 Å². The summed E-state index contributed by atoms with van der Waals surface area (Å²) in [5.74, 6) is -0.557. The number of ether oxygens (including phenoxy) is 2. The molecule has 9 heteroatoms. The van der Waals surface area contributed by atoms with Gasteiger partial charge in [0.15, 0.2) is 0 Å². The monoisotopic (exact) mass is 494 g/mol. The number of sulfonamides is 1. The van der Waals surface area contributed by atoms with E-state index in [-0.39, 0.29) is 16.9 Å². The average molecular weight is 495 g/mol. The molecule has 2 rings (SSSR count). The van der Waals surface area contributed by atoms with Crippen LogP contribution in [0.2, 0.25) is 0 Å². The van der Waals surface area contributed by atoms with Crippen molar-refractivity contribution in [3.05, 3.63) is 51.7 Å². The molecule has 1 amide bonds. The van der Waals surface area contributed by atoms with Crippen molar-refractivity contribution in [3.63, 3.8) is 0 Å². The molecule has 2 atom stereocenters. The van der Waals surface area contributed by atoms with Crippen molar-refractivity contribution < 1.29 is 22.7 Å². The molecule has 1 aromatic heterocycles. The first-order valence-electron chi connectivity index (χ1n) is 10.8. The number of nitrogens with zero attached hydrogens (tertiary/aromatic N) is 1. The summed E-state index contributed by atoms with van der Waals surface area (Å²) in [5, 5.41) is 4.76. The molecule has 0 saturated carbocycles. The summed E-state index contributed by atoms with van der Waals surface area (Å²) in [5.41, 5.74) is 0.740. The van der Waals surface area contributed by atoms with E-state index >= 15 is 0 Å². The maximum Gasteiger partial charge on any atom is 0.408 e. The van der Waals surface area contributed by atoms with Gasteiger partial charge in [0.2, 0.25) is 5.90 Å². The van der Waals surface area contributed by atoms with Crippen LogP contribution in [0.4, 0.5) is 4.79 Å². The fraction of sp³-hybridized carbons (Fsp3) is 0.500. The fourth-order valence-corrected chi connectivity index (χ4v) is 5.33. The third-order valence-electron chi connectivity index (χ3n) is 4.60. The lowest BCUT2D eigenvalue weighted by atomic mass is 10.00. The molecule has 0 saturated heterocycles. The summed E-state index contributed by atoms with van der Waals surface area (Å²) in [4.78, 5) is 13.5. The second kappa shape index (κ2) is 10.7. The quantitative estimate of drug-likeness (QED) is 0.389. The Kier molecular flexibility index (Phi) is 8.70. The minimum Gasteiger partial charge on any atom is -0.477 e. The van der Waals surface area contributed by atoms with E-state index in [0.717, 1.165) is 10.4 Å². The SMILES string of the molecule is Cc1ccc(C)c(S(=O)(=O)/N=C(/OC(C)C)[C@H](C)[C@H](NC(=O)OC(C)(C)C)c2cccs2)c1. The molecular weight excluding hydrogens is 460 g/mol. The Hall–Kier alpha value is -2.39. The fourth-order valence-electron chi connectivity index (χ4n) is 3.09. The van der Waals surface area contributed by atoms with Crippen LogP contribution in [0, 0.1) is 19.8 Å². The molecule has 0 aliphatic rings. The number of nitrogens with one attached hydrogen (secondary N) is 1. The number of alkyl carbamates (subject to hydrolysis) is 1. The van der Waals surface area contributed by atoms with E-state index in [0.29, 0.717) is 5.56 Å². The lowest BCUT2D eigenvalue weighted by Crippen LogP contribution is -2.39. The average Bonchev–Trinajstić information content (AvgIpc) is 3.19. The van der Waals surface area contributed by atoms with Gasteiger partial charge in [0.05, 0.1) is 23.0 Å².